The fourth-order valence-electron chi connectivity index (χ4n) is 4.95. The molecule has 0 aliphatic carbocycles. The van der Waals surface area contributed by atoms with E-state index in [1.165, 1.54) is 9.87 Å². The van der Waals surface area contributed by atoms with Gasteiger partial charge in [-0.25, -0.2) is 8.42 Å². The van der Waals surface area contributed by atoms with Gasteiger partial charge in [-0.2, -0.15) is 4.31 Å². The highest BCUT2D eigenvalue weighted by Gasteiger charge is 2.34. The Morgan fingerprint density at radius 3 is 2.32 bits per heavy atom. The molecule has 0 bridgehead atoms. The van der Waals surface area contributed by atoms with Crippen molar-refractivity contribution >= 4 is 26.7 Å². The number of rotatable bonds is 5. The van der Waals surface area contributed by atoms with Gasteiger partial charge < -0.3 is 4.90 Å². The molecule has 0 N–H and O–H groups in total. The average molecular weight is 479 g/mol. The smallest absolute Gasteiger partial charge is 0.243 e. The molecule has 2 saturated heterocycles. The highest BCUT2D eigenvalue weighted by Crippen LogP contribution is 2.27. The fourth-order valence-corrected chi connectivity index (χ4v) is 6.46. The summed E-state index contributed by atoms with van der Waals surface area (Å²) in [6.45, 7) is 4.73. The van der Waals surface area contributed by atoms with E-state index in [0.29, 0.717) is 43.9 Å². The molecule has 3 aromatic rings. The van der Waals surface area contributed by atoms with Crippen molar-refractivity contribution < 1.29 is 13.2 Å². The molecule has 8 heteroatoms. The Bertz CT molecular complexity index is 1250. The first-order valence-corrected chi connectivity index (χ1v) is 13.3. The van der Waals surface area contributed by atoms with E-state index in [9.17, 15) is 13.2 Å². The highest BCUT2D eigenvalue weighted by molar-refractivity contribution is 7.89. The molecule has 1 aromatic heterocycles. The van der Waals surface area contributed by atoms with Crippen molar-refractivity contribution in [1.29, 1.82) is 0 Å². The number of piperazine rings is 1. The first kappa shape index (κ1) is 23.0. The zero-order valence-corrected chi connectivity index (χ0v) is 20.0. The van der Waals surface area contributed by atoms with E-state index >= 15 is 0 Å². The molecule has 0 radical (unpaired) electrons. The highest BCUT2D eigenvalue weighted by atomic mass is 32.2. The van der Waals surface area contributed by atoms with Gasteiger partial charge in [0.25, 0.3) is 0 Å². The minimum Gasteiger partial charge on any atom is -0.340 e. The molecular formula is C26H30N4O3S. The van der Waals surface area contributed by atoms with Crippen LogP contribution < -0.4 is 0 Å². The quantitative estimate of drug-likeness (QED) is 0.564. The number of carbonyl (C=O) groups is 1. The van der Waals surface area contributed by atoms with Crippen LogP contribution in [0.15, 0.2) is 71.9 Å². The minimum atomic E-state index is -3.57. The molecular weight excluding hydrogens is 448 g/mol. The SMILES string of the molecule is O=C(C1CCN(S(=O)(=O)c2ccc3ccccc3c2)CC1)N1CCN(Cc2cccnc2)CC1. The Kier molecular flexibility index (Phi) is 6.63. The van der Waals surface area contributed by atoms with E-state index in [2.05, 4.69) is 16.0 Å². The molecule has 0 unspecified atom stereocenters. The summed E-state index contributed by atoms with van der Waals surface area (Å²) in [5.74, 6) is 0.0664. The van der Waals surface area contributed by atoms with Gasteiger partial charge in [0.2, 0.25) is 15.9 Å². The Hall–Kier alpha value is -2.81. The van der Waals surface area contributed by atoms with Crippen LogP contribution in [0.2, 0.25) is 0 Å². The first-order chi connectivity index (χ1) is 16.5. The fraction of sp³-hybridized carbons (Fsp3) is 0.385. The zero-order valence-electron chi connectivity index (χ0n) is 19.2. The van der Waals surface area contributed by atoms with Crippen LogP contribution >= 0.6 is 0 Å². The number of piperidine rings is 1. The summed E-state index contributed by atoms with van der Waals surface area (Å²) in [7, 11) is -3.57. The van der Waals surface area contributed by atoms with Crippen molar-refractivity contribution in [2.24, 2.45) is 5.92 Å². The second-order valence-corrected chi connectivity index (χ2v) is 11.1. The number of amides is 1. The number of aromatic nitrogens is 1. The van der Waals surface area contributed by atoms with E-state index in [1.54, 1.807) is 18.3 Å². The number of sulfonamides is 1. The molecule has 3 heterocycles. The second-order valence-electron chi connectivity index (χ2n) is 9.15. The second kappa shape index (κ2) is 9.82. The van der Waals surface area contributed by atoms with E-state index < -0.39 is 10.0 Å². The lowest BCUT2D eigenvalue weighted by molar-refractivity contribution is -0.138. The van der Waals surface area contributed by atoms with Gasteiger partial charge in [0.15, 0.2) is 0 Å². The number of hydrogen-bond acceptors (Lipinski definition) is 5. The van der Waals surface area contributed by atoms with Crippen molar-refractivity contribution in [1.82, 2.24) is 19.1 Å². The third-order valence-electron chi connectivity index (χ3n) is 6.97. The summed E-state index contributed by atoms with van der Waals surface area (Å²) in [6, 6.07) is 17.1. The molecule has 0 saturated carbocycles. The Balaban J connectivity index is 1.15. The van der Waals surface area contributed by atoms with Gasteiger partial charge in [-0.15, -0.1) is 0 Å². The maximum absolute atomic E-state index is 13.2. The third kappa shape index (κ3) is 4.85. The van der Waals surface area contributed by atoms with Crippen molar-refractivity contribution in [3.05, 3.63) is 72.6 Å². The lowest BCUT2D eigenvalue weighted by atomic mass is 9.96. The van der Waals surface area contributed by atoms with Crippen LogP contribution in [-0.4, -0.2) is 72.7 Å². The van der Waals surface area contributed by atoms with Crippen LogP contribution in [0.3, 0.4) is 0 Å². The normalized spacial score (nSPS) is 18.9. The van der Waals surface area contributed by atoms with E-state index in [1.807, 2.05) is 47.5 Å². The molecule has 2 aliphatic heterocycles. The van der Waals surface area contributed by atoms with Crippen molar-refractivity contribution in [2.75, 3.05) is 39.3 Å². The molecule has 1 amide bonds. The number of benzene rings is 2. The molecule has 0 spiro atoms. The first-order valence-electron chi connectivity index (χ1n) is 11.9. The van der Waals surface area contributed by atoms with E-state index in [0.717, 1.165) is 30.4 Å². The van der Waals surface area contributed by atoms with E-state index in [4.69, 9.17) is 0 Å². The van der Waals surface area contributed by atoms with Crippen molar-refractivity contribution in [3.63, 3.8) is 0 Å². The van der Waals surface area contributed by atoms with Crippen LogP contribution in [0.5, 0.6) is 0 Å². The topological polar surface area (TPSA) is 73.8 Å². The predicted octanol–water partition coefficient (Wildman–Crippen LogP) is 2.98. The summed E-state index contributed by atoms with van der Waals surface area (Å²) in [4.78, 5) is 21.9. The van der Waals surface area contributed by atoms with Gasteiger partial charge in [0.1, 0.15) is 0 Å². The summed E-state index contributed by atoms with van der Waals surface area (Å²) < 4.78 is 28.0. The number of hydrogen-bond donors (Lipinski definition) is 0. The van der Waals surface area contributed by atoms with Crippen LogP contribution in [0.4, 0.5) is 0 Å². The van der Waals surface area contributed by atoms with Gasteiger partial charge >= 0.3 is 0 Å². The van der Waals surface area contributed by atoms with Crippen LogP contribution in [0.25, 0.3) is 10.8 Å². The molecule has 34 heavy (non-hydrogen) atoms. The number of fused-ring (bicyclic) bond motifs is 1. The summed E-state index contributed by atoms with van der Waals surface area (Å²) >= 11 is 0. The minimum absolute atomic E-state index is 0.104. The number of carbonyl (C=O) groups excluding carboxylic acids is 1. The Labute approximate surface area is 201 Å². The van der Waals surface area contributed by atoms with Gasteiger partial charge in [0, 0.05) is 64.1 Å². The van der Waals surface area contributed by atoms with Gasteiger partial charge in [-0.3, -0.25) is 14.7 Å². The van der Waals surface area contributed by atoms with Gasteiger partial charge in [-0.1, -0.05) is 36.4 Å². The van der Waals surface area contributed by atoms with Crippen molar-refractivity contribution in [2.45, 2.75) is 24.3 Å². The predicted molar refractivity (Wildman–Crippen MR) is 132 cm³/mol. The van der Waals surface area contributed by atoms with Crippen LogP contribution in [0.1, 0.15) is 18.4 Å². The molecule has 2 aliphatic rings. The monoisotopic (exact) mass is 478 g/mol. The standard InChI is InChI=1S/C26H30N4O3S/c31-26(29-16-14-28(15-17-29)20-21-4-3-11-27-19-21)23-9-12-30(13-10-23)34(32,33)25-8-7-22-5-1-2-6-24(22)18-25/h1-8,11,18-19,23H,9-10,12-17,20H2. The lowest BCUT2D eigenvalue weighted by Gasteiger charge is -2.38. The Morgan fingerprint density at radius 1 is 0.882 bits per heavy atom. The zero-order chi connectivity index (χ0) is 23.5. The summed E-state index contributed by atoms with van der Waals surface area (Å²) in [5, 5.41) is 1.93. The van der Waals surface area contributed by atoms with Crippen molar-refractivity contribution in [3.8, 4) is 0 Å². The maximum Gasteiger partial charge on any atom is 0.243 e. The maximum atomic E-state index is 13.2. The van der Waals surface area contributed by atoms with Crippen LogP contribution in [0, 0.1) is 5.92 Å². The molecule has 2 aromatic carbocycles. The average Bonchev–Trinajstić information content (AvgIpc) is 2.89. The molecule has 7 nitrogen and oxygen atoms in total. The largest absolute Gasteiger partial charge is 0.340 e. The molecule has 5 rings (SSSR count). The Morgan fingerprint density at radius 2 is 1.62 bits per heavy atom. The summed E-state index contributed by atoms with van der Waals surface area (Å²) in [5.41, 5.74) is 1.18. The number of pyridine rings is 1. The molecule has 2 fully saturated rings. The number of nitrogens with zero attached hydrogens (tertiary/aromatic N) is 4. The van der Waals surface area contributed by atoms with Gasteiger partial charge in [0.05, 0.1) is 4.90 Å². The molecule has 0 atom stereocenters. The molecule has 178 valence electrons. The van der Waals surface area contributed by atoms with Gasteiger partial charge in [-0.05, 0) is 47.4 Å². The third-order valence-corrected chi connectivity index (χ3v) is 8.87. The summed E-state index contributed by atoms with van der Waals surface area (Å²) in [6.07, 6.45) is 4.80. The lowest BCUT2D eigenvalue weighted by Crippen LogP contribution is -2.51. The van der Waals surface area contributed by atoms with Crippen LogP contribution in [-0.2, 0) is 21.4 Å². The van der Waals surface area contributed by atoms with E-state index in [-0.39, 0.29) is 11.8 Å².